The van der Waals surface area contributed by atoms with Gasteiger partial charge in [0.1, 0.15) is 0 Å². The van der Waals surface area contributed by atoms with Crippen LogP contribution in [0.2, 0.25) is 0 Å². The predicted octanol–water partition coefficient (Wildman–Crippen LogP) is 8.00. The van der Waals surface area contributed by atoms with E-state index < -0.39 is 0 Å². The lowest BCUT2D eigenvalue weighted by molar-refractivity contribution is -0.171. The summed E-state index contributed by atoms with van der Waals surface area (Å²) in [5.74, 6) is 0. The van der Waals surface area contributed by atoms with Crippen molar-refractivity contribution in [3.63, 3.8) is 0 Å². The van der Waals surface area contributed by atoms with Crippen LogP contribution in [0.5, 0.6) is 0 Å². The largest absolute Gasteiger partial charge is 0.380 e. The third kappa shape index (κ3) is 20.2. The minimum atomic E-state index is 0.0793. The molecule has 0 radical (unpaired) electrons. The zero-order chi connectivity index (χ0) is 50.3. The molecule has 408 valence electrons. The van der Waals surface area contributed by atoms with Gasteiger partial charge in [0.2, 0.25) is 0 Å². The van der Waals surface area contributed by atoms with Crippen LogP contribution in [0.15, 0.2) is 0 Å². The summed E-state index contributed by atoms with van der Waals surface area (Å²) in [6.07, 6.45) is 7.19. The first kappa shape index (κ1) is 61.0. The van der Waals surface area contributed by atoms with Crippen LogP contribution in [0.25, 0.3) is 0 Å². The molecule has 15 heteroatoms. The molecule has 0 spiro atoms. The Hall–Kier alpha value is -0.600. The average molecular weight is 991 g/mol. The van der Waals surface area contributed by atoms with E-state index >= 15 is 0 Å². The highest BCUT2D eigenvalue weighted by Crippen LogP contribution is 2.35. The first-order valence-corrected chi connectivity index (χ1v) is 27.0. The van der Waals surface area contributed by atoms with Gasteiger partial charge in [0.15, 0.2) is 0 Å². The van der Waals surface area contributed by atoms with E-state index in [9.17, 15) is 0 Å². The monoisotopic (exact) mass is 991 g/mol. The molecular weight excluding hydrogens is 889 g/mol. The molecule has 0 amide bonds. The summed E-state index contributed by atoms with van der Waals surface area (Å²) in [7, 11) is 0. The molecule has 0 aliphatic carbocycles. The summed E-state index contributed by atoms with van der Waals surface area (Å²) >= 11 is 0. The summed E-state index contributed by atoms with van der Waals surface area (Å²) < 4.78 is 84.7. The molecule has 69 heavy (non-hydrogen) atoms. The summed E-state index contributed by atoms with van der Waals surface area (Å²) in [4.78, 5) is 0. The Balaban J connectivity index is 0.000000225. The van der Waals surface area contributed by atoms with Crippen molar-refractivity contribution in [3.8, 4) is 0 Å². The lowest BCUT2D eigenvalue weighted by Gasteiger charge is -2.41. The molecule has 6 heterocycles. The number of ether oxygens (including phenoxy) is 15. The van der Waals surface area contributed by atoms with Gasteiger partial charge in [-0.15, -0.1) is 0 Å². The highest BCUT2D eigenvalue weighted by Gasteiger charge is 2.41. The van der Waals surface area contributed by atoms with Crippen molar-refractivity contribution in [3.05, 3.63) is 0 Å². The van der Waals surface area contributed by atoms with Crippen LogP contribution in [0.3, 0.4) is 0 Å². The minimum Gasteiger partial charge on any atom is -0.380 e. The van der Waals surface area contributed by atoms with Gasteiger partial charge in [-0.25, -0.2) is 0 Å². The summed E-state index contributed by atoms with van der Waals surface area (Å²) in [6.45, 7) is 43.7. The van der Waals surface area contributed by atoms with Crippen molar-refractivity contribution in [2.45, 2.75) is 158 Å². The molecule has 0 aromatic heterocycles. The van der Waals surface area contributed by atoms with E-state index in [1.54, 1.807) is 0 Å². The average Bonchev–Trinajstić information content (AvgIpc) is 3.25. The van der Waals surface area contributed by atoms with Gasteiger partial charge in [-0.1, -0.05) is 41.5 Å². The summed E-state index contributed by atoms with van der Waals surface area (Å²) in [5.41, 5.74) is 1.45. The number of rotatable bonds is 36. The quantitative estimate of drug-likeness (QED) is 0.0599. The van der Waals surface area contributed by atoms with Crippen molar-refractivity contribution in [2.24, 2.45) is 32.5 Å². The van der Waals surface area contributed by atoms with Gasteiger partial charge in [-0.2, -0.15) is 0 Å². The van der Waals surface area contributed by atoms with E-state index in [4.69, 9.17) is 71.1 Å². The molecule has 15 nitrogen and oxygen atoms in total. The first-order valence-electron chi connectivity index (χ1n) is 27.0. The van der Waals surface area contributed by atoms with Crippen LogP contribution in [0.4, 0.5) is 0 Å². The maximum Gasteiger partial charge on any atom is 0.0785 e. The van der Waals surface area contributed by atoms with Gasteiger partial charge in [0.25, 0.3) is 0 Å². The third-order valence-electron chi connectivity index (χ3n) is 15.5. The Morgan fingerprint density at radius 1 is 0.275 bits per heavy atom. The molecule has 0 aromatic carbocycles. The molecule has 6 unspecified atom stereocenters. The lowest BCUT2D eigenvalue weighted by Crippen LogP contribution is -2.47. The SMILES string of the molecule is CCC1(COC(C)COCC(C)OCC2(CC)COC2)COC1.CCC1(COCC(C)OC(C)COCC2(CC)COC2)COC1.CCC1(COCC(C)OCC(C)OCC2(CC)COC2)COC1. The van der Waals surface area contributed by atoms with Gasteiger partial charge in [0.05, 0.1) is 195 Å². The molecule has 0 saturated carbocycles. The van der Waals surface area contributed by atoms with Gasteiger partial charge in [-0.3, -0.25) is 0 Å². The van der Waals surface area contributed by atoms with E-state index in [0.717, 1.165) is 157 Å². The van der Waals surface area contributed by atoms with E-state index in [-0.39, 0.29) is 69.1 Å². The zero-order valence-electron chi connectivity index (χ0n) is 45.8. The zero-order valence-corrected chi connectivity index (χ0v) is 45.8. The Bertz CT molecular complexity index is 1230. The fraction of sp³-hybridized carbons (Fsp3) is 1.00. The molecule has 6 aliphatic rings. The third-order valence-corrected chi connectivity index (χ3v) is 15.5. The van der Waals surface area contributed by atoms with Crippen LogP contribution < -0.4 is 0 Å². The Morgan fingerprint density at radius 3 is 0.739 bits per heavy atom. The van der Waals surface area contributed by atoms with Crippen LogP contribution >= 0.6 is 0 Å². The van der Waals surface area contributed by atoms with Crippen LogP contribution in [0.1, 0.15) is 122 Å². The predicted molar refractivity (Wildman–Crippen MR) is 266 cm³/mol. The molecule has 6 aliphatic heterocycles. The molecule has 6 rings (SSSR count). The lowest BCUT2D eigenvalue weighted by atomic mass is 9.84. The van der Waals surface area contributed by atoms with Gasteiger partial charge >= 0.3 is 0 Å². The maximum atomic E-state index is 5.94. The van der Waals surface area contributed by atoms with Gasteiger partial charge in [0, 0.05) is 32.5 Å². The number of hydrogen-bond acceptors (Lipinski definition) is 15. The Labute approximate surface area is 419 Å². The van der Waals surface area contributed by atoms with Crippen molar-refractivity contribution in [1.82, 2.24) is 0 Å². The normalized spacial score (nSPS) is 24.5. The smallest absolute Gasteiger partial charge is 0.0785 e. The molecule has 0 bridgehead atoms. The second-order valence-electron chi connectivity index (χ2n) is 22.4. The fourth-order valence-electron chi connectivity index (χ4n) is 8.33. The van der Waals surface area contributed by atoms with Crippen molar-refractivity contribution in [1.29, 1.82) is 0 Å². The topological polar surface area (TPSA) is 138 Å². The molecule has 6 fully saturated rings. The van der Waals surface area contributed by atoms with Crippen LogP contribution in [-0.4, -0.2) is 195 Å². The first-order chi connectivity index (χ1) is 33.1. The molecule has 0 N–H and O–H groups in total. The van der Waals surface area contributed by atoms with Crippen molar-refractivity contribution < 1.29 is 71.1 Å². The Kier molecular flexibility index (Phi) is 27.1. The molecule has 6 saturated heterocycles. The van der Waals surface area contributed by atoms with Crippen LogP contribution in [-0.2, 0) is 71.1 Å². The van der Waals surface area contributed by atoms with Crippen molar-refractivity contribution >= 4 is 0 Å². The second kappa shape index (κ2) is 30.7. The van der Waals surface area contributed by atoms with Gasteiger partial charge in [-0.05, 0) is 80.1 Å². The van der Waals surface area contributed by atoms with Crippen molar-refractivity contribution in [2.75, 3.05) is 159 Å². The number of hydrogen-bond donors (Lipinski definition) is 0. The van der Waals surface area contributed by atoms with E-state index in [1.807, 2.05) is 0 Å². The second-order valence-corrected chi connectivity index (χ2v) is 22.4. The highest BCUT2D eigenvalue weighted by atomic mass is 16.6. The van der Waals surface area contributed by atoms with E-state index in [0.29, 0.717) is 39.6 Å². The molecular formula is C54H102O15. The van der Waals surface area contributed by atoms with E-state index in [2.05, 4.69) is 83.1 Å². The minimum absolute atomic E-state index is 0.0793. The van der Waals surface area contributed by atoms with Gasteiger partial charge < -0.3 is 71.1 Å². The standard InChI is InChI=1S/3C18H34O5/c1-5-17(11-21-12-17)9-19-7-15(3)23-16(4)8-20-10-18(6-2)13-22-14-18;1-5-17(9-20-10-17)13-22-15(3)7-19-8-16(4)23-14-18(6-2)11-21-12-18;1-5-17(10-20-11-17)9-19-7-15(3)22-8-16(4)23-14-18(6-2)12-21-13-18/h3*15-16H,5-14H2,1-4H3. The molecule has 6 atom stereocenters. The summed E-state index contributed by atoms with van der Waals surface area (Å²) in [6, 6.07) is 0. The fourth-order valence-corrected chi connectivity index (χ4v) is 8.33. The van der Waals surface area contributed by atoms with Crippen LogP contribution in [0, 0.1) is 32.5 Å². The highest BCUT2D eigenvalue weighted by molar-refractivity contribution is 4.88. The summed E-state index contributed by atoms with van der Waals surface area (Å²) in [5, 5.41) is 0. The Morgan fingerprint density at radius 2 is 0.493 bits per heavy atom. The van der Waals surface area contributed by atoms with E-state index in [1.165, 1.54) is 0 Å². The maximum absolute atomic E-state index is 5.94. The molecule has 0 aromatic rings.